The average molecular weight is 400 g/mol. The van der Waals surface area contributed by atoms with Crippen LogP contribution in [0.1, 0.15) is 36.1 Å². The number of aromatic nitrogens is 2. The molecule has 0 unspecified atom stereocenters. The van der Waals surface area contributed by atoms with Gasteiger partial charge in [0.15, 0.2) is 11.9 Å². The number of rotatable bonds is 5. The molecule has 3 rings (SSSR count). The molecule has 0 saturated carbocycles. The quantitative estimate of drug-likeness (QED) is 0.642. The molecule has 0 aliphatic carbocycles. The highest BCUT2D eigenvalue weighted by Gasteiger charge is 2.22. The van der Waals surface area contributed by atoms with Crippen molar-refractivity contribution in [1.82, 2.24) is 15.3 Å². The summed E-state index contributed by atoms with van der Waals surface area (Å²) in [6.07, 6.45) is -0.792. The minimum absolute atomic E-state index is 0.230. The fourth-order valence-corrected chi connectivity index (χ4v) is 2.70. The van der Waals surface area contributed by atoms with E-state index in [0.29, 0.717) is 21.5 Å². The van der Waals surface area contributed by atoms with Crippen molar-refractivity contribution in [2.45, 2.75) is 26.0 Å². The highest BCUT2D eigenvalue weighted by Crippen LogP contribution is 2.15. The Bertz CT molecular complexity index is 1080. The van der Waals surface area contributed by atoms with Gasteiger partial charge in [-0.2, -0.15) is 0 Å². The van der Waals surface area contributed by atoms with Gasteiger partial charge < -0.3 is 15.0 Å². The van der Waals surface area contributed by atoms with E-state index in [1.807, 2.05) is 0 Å². The first-order chi connectivity index (χ1) is 13.3. The second-order valence-corrected chi connectivity index (χ2v) is 6.69. The van der Waals surface area contributed by atoms with Crippen molar-refractivity contribution in [2.75, 3.05) is 0 Å². The molecule has 0 aliphatic rings. The Labute approximate surface area is 165 Å². The molecule has 8 heteroatoms. The number of amides is 1. The number of carbonyl (C=O) groups excluding carboxylic acids is 2. The average Bonchev–Trinajstić information content (AvgIpc) is 2.68. The first-order valence-corrected chi connectivity index (χ1v) is 8.99. The molecular weight excluding hydrogens is 382 g/mol. The fraction of sp³-hybridized carbons (Fsp3) is 0.200. The Kier molecular flexibility index (Phi) is 5.75. The zero-order valence-electron chi connectivity index (χ0n) is 15.2. The van der Waals surface area contributed by atoms with Crippen LogP contribution >= 0.6 is 11.6 Å². The van der Waals surface area contributed by atoms with E-state index >= 15 is 0 Å². The van der Waals surface area contributed by atoms with Crippen molar-refractivity contribution in [1.29, 1.82) is 0 Å². The molecule has 2 aromatic carbocycles. The molecule has 1 amide bonds. The summed E-state index contributed by atoms with van der Waals surface area (Å²) in [5.41, 5.74) is 0.568. The van der Waals surface area contributed by atoms with Gasteiger partial charge in [-0.25, -0.2) is 9.78 Å². The van der Waals surface area contributed by atoms with E-state index in [1.165, 1.54) is 6.92 Å². The minimum Gasteiger partial charge on any atom is -0.453 e. The maximum absolute atomic E-state index is 12.3. The number of hydrogen-bond acceptors (Lipinski definition) is 5. The minimum atomic E-state index is -0.891. The van der Waals surface area contributed by atoms with Gasteiger partial charge in [0, 0.05) is 10.6 Å². The number of para-hydroxylation sites is 1. The van der Waals surface area contributed by atoms with Gasteiger partial charge in [0.05, 0.1) is 10.9 Å². The van der Waals surface area contributed by atoms with Crippen LogP contribution < -0.4 is 10.9 Å². The molecule has 2 atom stereocenters. The van der Waals surface area contributed by atoms with Crippen LogP contribution in [-0.4, -0.2) is 27.9 Å². The van der Waals surface area contributed by atoms with Crippen molar-refractivity contribution in [3.05, 3.63) is 75.3 Å². The number of fused-ring (bicyclic) bond motifs is 1. The Morgan fingerprint density at radius 2 is 1.79 bits per heavy atom. The monoisotopic (exact) mass is 399 g/mol. The molecule has 0 bridgehead atoms. The number of H-pyrrole nitrogens is 1. The summed E-state index contributed by atoms with van der Waals surface area (Å²) in [4.78, 5) is 43.6. The third kappa shape index (κ3) is 4.37. The maximum Gasteiger partial charge on any atom is 0.329 e. The number of esters is 1. The lowest BCUT2D eigenvalue weighted by molar-refractivity contribution is -0.150. The second kappa shape index (κ2) is 8.22. The van der Waals surface area contributed by atoms with Crippen LogP contribution in [0.15, 0.2) is 53.3 Å². The number of carbonyl (C=O) groups is 2. The summed E-state index contributed by atoms with van der Waals surface area (Å²) in [7, 11) is 0. The van der Waals surface area contributed by atoms with Gasteiger partial charge >= 0.3 is 5.97 Å². The van der Waals surface area contributed by atoms with Gasteiger partial charge in [0.25, 0.3) is 11.5 Å². The van der Waals surface area contributed by atoms with Crippen molar-refractivity contribution < 1.29 is 14.3 Å². The van der Waals surface area contributed by atoms with Gasteiger partial charge in [0.2, 0.25) is 0 Å². The van der Waals surface area contributed by atoms with E-state index in [1.54, 1.807) is 55.5 Å². The molecule has 2 N–H and O–H groups in total. The first kappa shape index (κ1) is 19.6. The second-order valence-electron chi connectivity index (χ2n) is 6.25. The van der Waals surface area contributed by atoms with Crippen LogP contribution in [0.2, 0.25) is 5.02 Å². The van der Waals surface area contributed by atoms with Gasteiger partial charge in [-0.05, 0) is 50.2 Å². The highest BCUT2D eigenvalue weighted by molar-refractivity contribution is 6.30. The Balaban J connectivity index is 1.67. The predicted molar refractivity (Wildman–Crippen MR) is 105 cm³/mol. The molecule has 1 aromatic heterocycles. The third-order valence-corrected chi connectivity index (χ3v) is 4.37. The number of halogens is 1. The van der Waals surface area contributed by atoms with E-state index in [2.05, 4.69) is 15.3 Å². The van der Waals surface area contributed by atoms with E-state index in [9.17, 15) is 14.4 Å². The summed E-state index contributed by atoms with van der Waals surface area (Å²) >= 11 is 5.80. The van der Waals surface area contributed by atoms with Crippen LogP contribution in [0.5, 0.6) is 0 Å². The lowest BCUT2D eigenvalue weighted by Gasteiger charge is -2.17. The van der Waals surface area contributed by atoms with E-state index in [0.717, 1.165) is 0 Å². The summed E-state index contributed by atoms with van der Waals surface area (Å²) in [6.45, 7) is 3.11. The largest absolute Gasteiger partial charge is 0.453 e. The molecule has 1 heterocycles. The molecule has 0 spiro atoms. The lowest BCUT2D eigenvalue weighted by Crippen LogP contribution is -2.40. The summed E-state index contributed by atoms with van der Waals surface area (Å²) in [5.74, 6) is -0.843. The Morgan fingerprint density at radius 3 is 2.50 bits per heavy atom. The molecule has 7 nitrogen and oxygen atoms in total. The van der Waals surface area contributed by atoms with Crippen LogP contribution in [-0.2, 0) is 9.53 Å². The zero-order valence-corrected chi connectivity index (χ0v) is 16.0. The van der Waals surface area contributed by atoms with E-state index in [4.69, 9.17) is 16.3 Å². The number of benzene rings is 2. The number of nitrogens with one attached hydrogen (secondary N) is 2. The van der Waals surface area contributed by atoms with E-state index < -0.39 is 24.0 Å². The van der Waals surface area contributed by atoms with E-state index in [-0.39, 0.29) is 11.4 Å². The van der Waals surface area contributed by atoms with Crippen molar-refractivity contribution in [3.63, 3.8) is 0 Å². The van der Waals surface area contributed by atoms with Crippen molar-refractivity contribution >= 4 is 34.4 Å². The standard InChI is InChI=1S/C20H18ClN3O4/c1-11(22-18(25)13-7-9-14(21)10-8-13)20(27)28-12(2)17-23-16-6-4-3-5-15(16)19(26)24-17/h3-12H,1-2H3,(H,22,25)(H,23,24,26)/t11-,12-/m0/s1. The number of nitrogens with zero attached hydrogens (tertiary/aromatic N) is 1. The van der Waals surface area contributed by atoms with Crippen LogP contribution in [0.3, 0.4) is 0 Å². The number of hydrogen-bond donors (Lipinski definition) is 2. The molecular formula is C20H18ClN3O4. The normalized spacial score (nSPS) is 13.0. The Morgan fingerprint density at radius 1 is 1.11 bits per heavy atom. The molecule has 28 heavy (non-hydrogen) atoms. The Hall–Kier alpha value is -3.19. The molecule has 0 aliphatic heterocycles. The summed E-state index contributed by atoms with van der Waals surface area (Å²) in [6, 6.07) is 12.3. The molecule has 0 fully saturated rings. The summed E-state index contributed by atoms with van der Waals surface area (Å²) in [5, 5.41) is 3.53. The predicted octanol–water partition coefficient (Wildman–Crippen LogP) is 3.00. The maximum atomic E-state index is 12.3. The smallest absolute Gasteiger partial charge is 0.329 e. The van der Waals surface area contributed by atoms with Gasteiger partial charge in [-0.15, -0.1) is 0 Å². The molecule has 3 aromatic rings. The zero-order chi connectivity index (χ0) is 20.3. The van der Waals surface area contributed by atoms with Crippen LogP contribution in [0.4, 0.5) is 0 Å². The van der Waals surface area contributed by atoms with Crippen molar-refractivity contribution in [2.24, 2.45) is 0 Å². The topological polar surface area (TPSA) is 101 Å². The summed E-state index contributed by atoms with van der Waals surface area (Å²) < 4.78 is 5.35. The van der Waals surface area contributed by atoms with Crippen molar-refractivity contribution in [3.8, 4) is 0 Å². The van der Waals surface area contributed by atoms with Gasteiger partial charge in [-0.1, -0.05) is 23.7 Å². The fourth-order valence-electron chi connectivity index (χ4n) is 2.57. The molecule has 144 valence electrons. The first-order valence-electron chi connectivity index (χ1n) is 8.61. The molecule has 0 radical (unpaired) electrons. The SMILES string of the molecule is C[C@H](NC(=O)c1ccc(Cl)cc1)C(=O)O[C@@H](C)c1nc2ccccc2c(=O)[nH]1. The lowest BCUT2D eigenvalue weighted by atomic mass is 10.2. The molecule has 0 saturated heterocycles. The third-order valence-electron chi connectivity index (χ3n) is 4.12. The highest BCUT2D eigenvalue weighted by atomic mass is 35.5. The van der Waals surface area contributed by atoms with Crippen LogP contribution in [0, 0.1) is 0 Å². The number of aromatic amines is 1. The van der Waals surface area contributed by atoms with Crippen LogP contribution in [0.25, 0.3) is 10.9 Å². The number of ether oxygens (including phenoxy) is 1. The van der Waals surface area contributed by atoms with Gasteiger partial charge in [0.1, 0.15) is 6.04 Å². The van der Waals surface area contributed by atoms with Gasteiger partial charge in [-0.3, -0.25) is 9.59 Å².